The predicted molar refractivity (Wildman–Crippen MR) is 142 cm³/mol. The first-order chi connectivity index (χ1) is 15.8. The second-order valence-electron chi connectivity index (χ2n) is 7.38. The number of hydrogen-bond donors (Lipinski definition) is 1. The molecule has 3 aromatic carbocycles. The Bertz CT molecular complexity index is 1250. The third-order valence-electron chi connectivity index (χ3n) is 4.90. The summed E-state index contributed by atoms with van der Waals surface area (Å²) in [5.41, 5.74) is 4.26. The Kier molecular flexibility index (Phi) is 8.53. The Morgan fingerprint density at radius 1 is 1.12 bits per heavy atom. The van der Waals surface area contributed by atoms with Crippen molar-refractivity contribution in [1.29, 1.82) is 5.26 Å². The van der Waals surface area contributed by atoms with E-state index in [-0.39, 0.29) is 5.57 Å². The summed E-state index contributed by atoms with van der Waals surface area (Å²) in [5.74, 6) is 0.580. The Labute approximate surface area is 215 Å². The van der Waals surface area contributed by atoms with Crippen LogP contribution in [0.15, 0.2) is 64.6 Å². The van der Waals surface area contributed by atoms with E-state index in [0.717, 1.165) is 20.3 Å². The predicted octanol–water partition coefficient (Wildman–Crippen LogP) is 6.80. The first-order valence-electron chi connectivity index (χ1n) is 10.1. The zero-order valence-electron chi connectivity index (χ0n) is 18.4. The maximum atomic E-state index is 12.8. The van der Waals surface area contributed by atoms with E-state index in [1.807, 2.05) is 62.4 Å². The lowest BCUT2D eigenvalue weighted by Crippen LogP contribution is -2.14. The van der Waals surface area contributed by atoms with Gasteiger partial charge in [-0.05, 0) is 95.1 Å². The van der Waals surface area contributed by atoms with Crippen LogP contribution in [0.3, 0.4) is 0 Å². The van der Waals surface area contributed by atoms with Crippen LogP contribution in [0.4, 0.5) is 5.69 Å². The minimum absolute atomic E-state index is 0.0220. The number of nitrogens with zero attached hydrogens (tertiary/aromatic N) is 1. The van der Waals surface area contributed by atoms with Crippen molar-refractivity contribution in [2.45, 2.75) is 20.5 Å². The molecule has 0 bridgehead atoms. The fourth-order valence-corrected chi connectivity index (χ4v) is 3.84. The number of ether oxygens (including phenoxy) is 2. The van der Waals surface area contributed by atoms with Crippen molar-refractivity contribution in [1.82, 2.24) is 0 Å². The van der Waals surface area contributed by atoms with E-state index in [1.165, 1.54) is 6.08 Å². The quantitative estimate of drug-likeness (QED) is 0.180. The van der Waals surface area contributed by atoms with Gasteiger partial charge in [0.05, 0.1) is 7.11 Å². The van der Waals surface area contributed by atoms with Gasteiger partial charge >= 0.3 is 0 Å². The number of nitriles is 1. The van der Waals surface area contributed by atoms with E-state index in [0.29, 0.717) is 33.8 Å². The van der Waals surface area contributed by atoms with Gasteiger partial charge in [-0.3, -0.25) is 4.79 Å². The van der Waals surface area contributed by atoms with Crippen LogP contribution >= 0.6 is 38.5 Å². The van der Waals surface area contributed by atoms with E-state index in [2.05, 4.69) is 43.8 Å². The van der Waals surface area contributed by atoms with Gasteiger partial charge in [-0.2, -0.15) is 5.26 Å². The topological polar surface area (TPSA) is 71.3 Å². The third-order valence-corrected chi connectivity index (χ3v) is 6.30. The van der Waals surface area contributed by atoms with Crippen LogP contribution < -0.4 is 14.8 Å². The average molecular weight is 617 g/mol. The number of carbonyl (C=O) groups excluding carboxylic acids is 1. The van der Waals surface area contributed by atoms with Gasteiger partial charge in [-0.1, -0.05) is 40.2 Å². The minimum atomic E-state index is -0.476. The van der Waals surface area contributed by atoms with Crippen molar-refractivity contribution in [2.75, 3.05) is 12.4 Å². The van der Waals surface area contributed by atoms with E-state index < -0.39 is 5.91 Å². The highest BCUT2D eigenvalue weighted by Gasteiger charge is 2.15. The molecule has 0 saturated carbocycles. The molecular formula is C26H22BrIN2O3. The number of anilines is 1. The van der Waals surface area contributed by atoms with Crippen molar-refractivity contribution in [3.8, 4) is 17.6 Å². The molecule has 0 radical (unpaired) electrons. The van der Waals surface area contributed by atoms with E-state index in [4.69, 9.17) is 9.47 Å². The lowest BCUT2D eigenvalue weighted by atomic mass is 10.1. The Morgan fingerprint density at radius 3 is 2.52 bits per heavy atom. The van der Waals surface area contributed by atoms with Crippen molar-refractivity contribution in [3.63, 3.8) is 0 Å². The van der Waals surface area contributed by atoms with Crippen LogP contribution in [0.2, 0.25) is 0 Å². The number of carbonyl (C=O) groups is 1. The number of amides is 1. The second-order valence-corrected chi connectivity index (χ2v) is 9.48. The maximum Gasteiger partial charge on any atom is 0.266 e. The van der Waals surface area contributed by atoms with Gasteiger partial charge in [0.2, 0.25) is 0 Å². The second kappa shape index (κ2) is 11.3. The van der Waals surface area contributed by atoms with Crippen molar-refractivity contribution in [3.05, 3.63) is 90.5 Å². The molecule has 0 atom stereocenters. The molecule has 3 rings (SSSR count). The number of hydrogen-bond acceptors (Lipinski definition) is 4. The number of aryl methyl sites for hydroxylation is 2. The lowest BCUT2D eigenvalue weighted by molar-refractivity contribution is -0.112. The van der Waals surface area contributed by atoms with Gasteiger partial charge in [0.15, 0.2) is 11.5 Å². The first kappa shape index (κ1) is 24.8. The van der Waals surface area contributed by atoms with E-state index in [1.54, 1.807) is 19.2 Å². The van der Waals surface area contributed by atoms with Gasteiger partial charge in [-0.15, -0.1) is 0 Å². The molecule has 0 unspecified atom stereocenters. The van der Waals surface area contributed by atoms with Crippen LogP contribution in [0, 0.1) is 28.7 Å². The Hall–Kier alpha value is -2.83. The molecule has 0 aliphatic heterocycles. The van der Waals surface area contributed by atoms with E-state index in [9.17, 15) is 10.1 Å². The smallest absolute Gasteiger partial charge is 0.266 e. The van der Waals surface area contributed by atoms with Crippen LogP contribution in [-0.2, 0) is 11.4 Å². The van der Waals surface area contributed by atoms with Gasteiger partial charge in [0, 0.05) is 13.7 Å². The summed E-state index contributed by atoms with van der Waals surface area (Å²) in [5, 5.41) is 12.4. The van der Waals surface area contributed by atoms with Crippen LogP contribution in [0.1, 0.15) is 22.3 Å². The molecule has 1 N–H and O–H groups in total. The molecule has 0 heterocycles. The molecule has 0 fully saturated rings. The fraction of sp³-hybridized carbons (Fsp3) is 0.154. The van der Waals surface area contributed by atoms with Crippen LogP contribution in [0.25, 0.3) is 6.08 Å². The highest BCUT2D eigenvalue weighted by molar-refractivity contribution is 14.1. The summed E-state index contributed by atoms with van der Waals surface area (Å²) in [4.78, 5) is 12.8. The molecule has 0 aromatic heterocycles. The molecule has 5 nitrogen and oxygen atoms in total. The highest BCUT2D eigenvalue weighted by atomic mass is 127. The maximum absolute atomic E-state index is 12.8. The van der Waals surface area contributed by atoms with Crippen LogP contribution in [0.5, 0.6) is 11.5 Å². The Balaban J connectivity index is 1.83. The SMILES string of the molecule is COc1cc(/C=C(\C#N)C(=O)Nc2cc(C)ccc2C)c(Br)cc1OCc1ccc(I)cc1. The first-order valence-corrected chi connectivity index (χ1v) is 11.9. The number of rotatable bonds is 7. The fourth-order valence-electron chi connectivity index (χ4n) is 3.04. The summed E-state index contributed by atoms with van der Waals surface area (Å²) >= 11 is 5.78. The summed E-state index contributed by atoms with van der Waals surface area (Å²) in [7, 11) is 1.55. The standard InChI is InChI=1S/C26H22BrIN2O3/c1-16-4-5-17(2)23(10-16)30-26(31)20(14-29)11-19-12-24(32-3)25(13-22(19)27)33-15-18-6-8-21(28)9-7-18/h4-13H,15H2,1-3H3,(H,30,31)/b20-11+. The summed E-state index contributed by atoms with van der Waals surface area (Å²) in [6, 6.07) is 19.3. The molecule has 33 heavy (non-hydrogen) atoms. The van der Waals surface area contributed by atoms with Crippen LogP contribution in [-0.4, -0.2) is 13.0 Å². The molecule has 0 spiro atoms. The monoisotopic (exact) mass is 616 g/mol. The number of benzene rings is 3. The number of nitrogens with one attached hydrogen (secondary N) is 1. The molecular weight excluding hydrogens is 595 g/mol. The van der Waals surface area contributed by atoms with Crippen molar-refractivity contribution in [2.24, 2.45) is 0 Å². The number of methoxy groups -OCH3 is 1. The highest BCUT2D eigenvalue weighted by Crippen LogP contribution is 2.35. The molecule has 0 aliphatic rings. The minimum Gasteiger partial charge on any atom is -0.493 e. The van der Waals surface area contributed by atoms with E-state index >= 15 is 0 Å². The summed E-state index contributed by atoms with van der Waals surface area (Å²) in [6.45, 7) is 4.24. The van der Waals surface area contributed by atoms with Gasteiger partial charge < -0.3 is 14.8 Å². The molecule has 1 amide bonds. The molecule has 3 aromatic rings. The lowest BCUT2D eigenvalue weighted by Gasteiger charge is -2.13. The Morgan fingerprint density at radius 2 is 1.85 bits per heavy atom. The molecule has 7 heteroatoms. The van der Waals surface area contributed by atoms with Gasteiger partial charge in [0.25, 0.3) is 5.91 Å². The summed E-state index contributed by atoms with van der Waals surface area (Å²) in [6.07, 6.45) is 1.52. The average Bonchev–Trinajstić information content (AvgIpc) is 2.80. The van der Waals surface area contributed by atoms with Crippen molar-refractivity contribution >= 4 is 56.2 Å². The number of halogens is 2. The van der Waals surface area contributed by atoms with Crippen molar-refractivity contribution < 1.29 is 14.3 Å². The third kappa shape index (κ3) is 6.59. The van der Waals surface area contributed by atoms with Gasteiger partial charge in [-0.25, -0.2) is 0 Å². The zero-order chi connectivity index (χ0) is 24.0. The largest absolute Gasteiger partial charge is 0.493 e. The normalized spacial score (nSPS) is 11.0. The zero-order valence-corrected chi connectivity index (χ0v) is 22.2. The molecule has 0 aliphatic carbocycles. The van der Waals surface area contributed by atoms with Gasteiger partial charge in [0.1, 0.15) is 18.2 Å². The molecule has 168 valence electrons. The molecule has 0 saturated heterocycles. The summed E-state index contributed by atoms with van der Waals surface area (Å²) < 4.78 is 13.3.